The molecule has 10 heteroatoms. The number of carbonyl (C=O) groups is 5. The Morgan fingerprint density at radius 3 is 1.96 bits per heavy atom. The van der Waals surface area contributed by atoms with E-state index >= 15 is 0 Å². The maximum Gasteiger partial charge on any atom is 0.285 e. The van der Waals surface area contributed by atoms with Gasteiger partial charge in [-0.3, -0.25) is 24.0 Å². The minimum absolute atomic E-state index is 0.0407. The first-order chi connectivity index (χ1) is 21.2. The number of hydrogen-bond acceptors (Lipinski definition) is 7. The van der Waals surface area contributed by atoms with Crippen LogP contribution in [-0.4, -0.2) is 65.6 Å². The first kappa shape index (κ1) is 39.3. The van der Waals surface area contributed by atoms with Crippen molar-refractivity contribution in [3.8, 4) is 0 Å². The molecule has 3 rings (SSSR count). The van der Waals surface area contributed by atoms with Crippen molar-refractivity contribution in [1.29, 1.82) is 0 Å². The third kappa shape index (κ3) is 8.93. The SMILES string of the molecule is CC(C)C[C@](C)(CC(=O)C[C@H](C(=O)N1CC2[C@@H]([C@H]1C(=O)CC(CC1CCC1)C(=O)C(N)=O)C2(C)C)C(C)(C)C)CS(=O)(=O)C(C)(C)C. The number of ketones is 3. The van der Waals surface area contributed by atoms with Gasteiger partial charge in [0.15, 0.2) is 15.6 Å². The second-order valence-electron chi connectivity index (χ2n) is 18.6. The summed E-state index contributed by atoms with van der Waals surface area (Å²) >= 11 is 0. The van der Waals surface area contributed by atoms with Crippen LogP contribution < -0.4 is 5.73 Å². The zero-order chi connectivity index (χ0) is 36.1. The molecular formula is C37H62N2O7S. The van der Waals surface area contributed by atoms with Crippen molar-refractivity contribution < 1.29 is 32.4 Å². The Bertz CT molecular complexity index is 1350. The maximum atomic E-state index is 14.5. The number of nitrogens with zero attached hydrogens (tertiary/aromatic N) is 1. The molecule has 1 aliphatic heterocycles. The highest BCUT2D eigenvalue weighted by Crippen LogP contribution is 2.65. The number of primary amides is 1. The molecule has 0 aromatic heterocycles. The number of hydrogen-bond donors (Lipinski definition) is 1. The van der Waals surface area contributed by atoms with Gasteiger partial charge in [-0.15, -0.1) is 0 Å². The van der Waals surface area contributed by atoms with Gasteiger partial charge in [0.2, 0.25) is 11.7 Å². The molecule has 2 N–H and O–H groups in total. The topological polar surface area (TPSA) is 149 Å². The van der Waals surface area contributed by atoms with Crippen LogP contribution in [0.4, 0.5) is 0 Å². The molecule has 0 aromatic carbocycles. The molecule has 1 heterocycles. The summed E-state index contributed by atoms with van der Waals surface area (Å²) in [5, 5.41) is 0. The summed E-state index contributed by atoms with van der Waals surface area (Å²) in [6, 6.07) is -0.727. The monoisotopic (exact) mass is 678 g/mol. The highest BCUT2D eigenvalue weighted by molar-refractivity contribution is 7.92. The van der Waals surface area contributed by atoms with Crippen molar-refractivity contribution in [3.63, 3.8) is 0 Å². The van der Waals surface area contributed by atoms with E-state index < -0.39 is 55.0 Å². The summed E-state index contributed by atoms with van der Waals surface area (Å²) in [6.07, 6.45) is 3.85. The first-order valence-corrected chi connectivity index (χ1v) is 19.3. The third-order valence-electron chi connectivity index (χ3n) is 11.5. The van der Waals surface area contributed by atoms with Gasteiger partial charge < -0.3 is 10.6 Å². The van der Waals surface area contributed by atoms with Gasteiger partial charge in [0, 0.05) is 37.6 Å². The number of likely N-dealkylation sites (tertiary alicyclic amines) is 1. The van der Waals surface area contributed by atoms with E-state index in [2.05, 4.69) is 13.8 Å². The van der Waals surface area contributed by atoms with Crippen LogP contribution >= 0.6 is 0 Å². The molecule has 2 aliphatic carbocycles. The van der Waals surface area contributed by atoms with E-state index in [0.717, 1.165) is 19.3 Å². The van der Waals surface area contributed by atoms with Crippen LogP contribution in [0.2, 0.25) is 0 Å². The molecule has 3 fully saturated rings. The second-order valence-corrected chi connectivity index (χ2v) is 21.4. The van der Waals surface area contributed by atoms with Gasteiger partial charge in [-0.2, -0.15) is 0 Å². The largest absolute Gasteiger partial charge is 0.363 e. The van der Waals surface area contributed by atoms with Gasteiger partial charge in [-0.1, -0.05) is 74.7 Å². The zero-order valence-corrected chi connectivity index (χ0v) is 31.7. The predicted octanol–water partition coefficient (Wildman–Crippen LogP) is 5.57. The molecule has 1 saturated heterocycles. The normalized spacial score (nSPS) is 25.4. The van der Waals surface area contributed by atoms with Gasteiger partial charge >= 0.3 is 0 Å². The van der Waals surface area contributed by atoms with Crippen LogP contribution in [0.25, 0.3) is 0 Å². The molecule has 2 saturated carbocycles. The molecule has 0 spiro atoms. The van der Waals surface area contributed by atoms with Gasteiger partial charge in [-0.05, 0) is 73.5 Å². The fraction of sp³-hybridized carbons (Fsp3) is 0.865. The smallest absolute Gasteiger partial charge is 0.285 e. The standard InChI is InChI=1S/C37H62N2O7S/c1-22(2)18-37(11,21-47(45,46)35(6,7)8)19-25(40)17-26(34(3,4)5)33(44)39-20-27-29(36(27,9)10)30(39)28(41)16-24(31(42)32(38)43)15-23-13-12-14-23/h22-24,26-27,29-30H,12-21H2,1-11H3,(H2,38,43)/t24?,26-,27?,29+,30-,37-/m1/s1. The van der Waals surface area contributed by atoms with Crippen molar-refractivity contribution >= 4 is 39.0 Å². The van der Waals surface area contributed by atoms with Gasteiger partial charge in [0.05, 0.1) is 16.5 Å². The van der Waals surface area contributed by atoms with Crippen molar-refractivity contribution in [2.24, 2.45) is 57.5 Å². The van der Waals surface area contributed by atoms with E-state index in [1.54, 1.807) is 25.7 Å². The highest BCUT2D eigenvalue weighted by Gasteiger charge is 2.69. The third-order valence-corrected chi connectivity index (χ3v) is 14.4. The molecule has 3 aliphatic rings. The number of piperidine rings is 1. The van der Waals surface area contributed by atoms with Crippen molar-refractivity contribution in [2.75, 3.05) is 12.3 Å². The lowest BCUT2D eigenvalue weighted by atomic mass is 9.73. The Balaban J connectivity index is 1.86. The van der Waals surface area contributed by atoms with Crippen LogP contribution in [0.3, 0.4) is 0 Å². The van der Waals surface area contributed by atoms with Crippen LogP contribution in [0.1, 0.15) is 128 Å². The minimum atomic E-state index is -3.51. The van der Waals surface area contributed by atoms with Gasteiger partial charge in [-0.25, -0.2) is 8.42 Å². The molecule has 2 amide bonds. The molecule has 0 radical (unpaired) electrons. The number of rotatable bonds is 16. The van der Waals surface area contributed by atoms with E-state index in [9.17, 15) is 32.4 Å². The Kier molecular flexibility index (Phi) is 11.4. The first-order valence-electron chi connectivity index (χ1n) is 17.6. The lowest BCUT2D eigenvalue weighted by Crippen LogP contribution is -2.51. The Morgan fingerprint density at radius 2 is 1.51 bits per heavy atom. The van der Waals surface area contributed by atoms with Crippen LogP contribution in [-0.2, 0) is 33.8 Å². The average Bonchev–Trinajstić information content (AvgIpc) is 3.17. The number of amides is 2. The number of carbonyl (C=O) groups excluding carboxylic acids is 5. The lowest BCUT2D eigenvalue weighted by molar-refractivity contribution is -0.148. The number of fused-ring (bicyclic) bond motifs is 1. The van der Waals surface area contributed by atoms with Gasteiger partial charge in [0.25, 0.3) is 5.91 Å². The van der Waals surface area contributed by atoms with E-state index in [1.807, 2.05) is 41.5 Å². The average molecular weight is 679 g/mol. The van der Waals surface area contributed by atoms with E-state index in [4.69, 9.17) is 5.73 Å². The summed E-state index contributed by atoms with van der Waals surface area (Å²) < 4.78 is 25.6. The summed E-state index contributed by atoms with van der Waals surface area (Å²) in [5.74, 6) is -3.46. The quantitative estimate of drug-likeness (QED) is 0.210. The number of Topliss-reactive ketones (excluding diaryl/α,β-unsaturated/α-hetero) is 3. The molecular weight excluding hydrogens is 616 g/mol. The molecule has 6 atom stereocenters. The fourth-order valence-corrected chi connectivity index (χ4v) is 10.0. The molecule has 268 valence electrons. The van der Waals surface area contributed by atoms with E-state index in [-0.39, 0.29) is 65.7 Å². The van der Waals surface area contributed by atoms with Crippen LogP contribution in [0.5, 0.6) is 0 Å². The van der Waals surface area contributed by atoms with E-state index in [0.29, 0.717) is 25.3 Å². The minimum Gasteiger partial charge on any atom is -0.363 e. The second kappa shape index (κ2) is 13.7. The summed E-state index contributed by atoms with van der Waals surface area (Å²) in [5.41, 5.74) is 3.85. The molecule has 0 aromatic rings. The van der Waals surface area contributed by atoms with Crippen LogP contribution in [0.15, 0.2) is 0 Å². The maximum absolute atomic E-state index is 14.5. The highest BCUT2D eigenvalue weighted by atomic mass is 32.2. The molecule has 47 heavy (non-hydrogen) atoms. The lowest BCUT2D eigenvalue weighted by Gasteiger charge is -2.38. The Morgan fingerprint density at radius 1 is 0.936 bits per heavy atom. The summed E-state index contributed by atoms with van der Waals surface area (Å²) in [4.78, 5) is 68.8. The fourth-order valence-electron chi connectivity index (χ4n) is 8.44. The molecule has 0 bridgehead atoms. The molecule has 9 nitrogen and oxygen atoms in total. The summed E-state index contributed by atoms with van der Waals surface area (Å²) in [6.45, 7) is 21.2. The van der Waals surface area contributed by atoms with Crippen molar-refractivity contribution in [1.82, 2.24) is 4.90 Å². The number of nitrogens with two attached hydrogens (primary N) is 1. The van der Waals surface area contributed by atoms with E-state index in [1.165, 1.54) is 0 Å². The van der Waals surface area contributed by atoms with Crippen molar-refractivity contribution in [3.05, 3.63) is 0 Å². The predicted molar refractivity (Wildman–Crippen MR) is 184 cm³/mol. The zero-order valence-electron chi connectivity index (χ0n) is 30.9. The van der Waals surface area contributed by atoms with Crippen molar-refractivity contribution in [2.45, 2.75) is 138 Å². The van der Waals surface area contributed by atoms with Gasteiger partial charge in [0.1, 0.15) is 5.78 Å². The Hall–Kier alpha value is -2.10. The van der Waals surface area contributed by atoms with Crippen LogP contribution in [0, 0.1) is 51.8 Å². The molecule has 2 unspecified atom stereocenters. The summed E-state index contributed by atoms with van der Waals surface area (Å²) in [7, 11) is -3.51. The number of sulfone groups is 1. The Labute approximate surface area is 283 Å².